The monoisotopic (exact) mass is 359 g/mol. The third kappa shape index (κ3) is 3.51. The standard InChI is InChI=1S/C18H25N5O3/c1-2-14-20-17(26-22-14)18(24)8-9-23(12-18)15-10-19-11-16(21-15)25-13-6-4-3-5-7-13/h10-11,13,24H,2-9,12H2,1H3. The Balaban J connectivity index is 1.45. The number of nitrogens with zero attached hydrogens (tertiary/aromatic N) is 5. The molecular formula is C18H25N5O3. The van der Waals surface area contributed by atoms with E-state index in [2.05, 4.69) is 20.1 Å². The van der Waals surface area contributed by atoms with Crippen LogP contribution < -0.4 is 9.64 Å². The molecule has 1 saturated heterocycles. The molecule has 8 nitrogen and oxygen atoms in total. The van der Waals surface area contributed by atoms with Crippen LogP contribution >= 0.6 is 0 Å². The second-order valence-electron chi connectivity index (χ2n) is 7.17. The molecule has 1 atom stereocenters. The molecule has 0 spiro atoms. The molecule has 0 radical (unpaired) electrons. The van der Waals surface area contributed by atoms with E-state index in [-0.39, 0.29) is 12.0 Å². The van der Waals surface area contributed by atoms with Gasteiger partial charge in [0, 0.05) is 19.4 Å². The van der Waals surface area contributed by atoms with Gasteiger partial charge in [-0.15, -0.1) is 0 Å². The average molecular weight is 359 g/mol. The van der Waals surface area contributed by atoms with Crippen LogP contribution in [0.2, 0.25) is 0 Å². The van der Waals surface area contributed by atoms with Crippen molar-refractivity contribution in [2.24, 2.45) is 0 Å². The molecule has 1 aliphatic heterocycles. The van der Waals surface area contributed by atoms with Crippen molar-refractivity contribution in [2.75, 3.05) is 18.0 Å². The highest BCUT2D eigenvalue weighted by atomic mass is 16.5. The SMILES string of the molecule is CCc1noc(C2(O)CCN(c3cncc(OC4CCCCC4)n3)C2)n1. The maximum Gasteiger partial charge on any atom is 0.260 e. The fraction of sp³-hybridized carbons (Fsp3) is 0.667. The molecule has 2 aliphatic rings. The van der Waals surface area contributed by atoms with Gasteiger partial charge in [-0.25, -0.2) is 0 Å². The molecule has 1 N–H and O–H groups in total. The lowest BCUT2D eigenvalue weighted by Gasteiger charge is -2.23. The van der Waals surface area contributed by atoms with E-state index in [1.165, 1.54) is 19.3 Å². The van der Waals surface area contributed by atoms with Crippen molar-refractivity contribution in [3.8, 4) is 5.88 Å². The van der Waals surface area contributed by atoms with E-state index in [0.717, 1.165) is 12.8 Å². The van der Waals surface area contributed by atoms with Crippen LogP contribution in [0.4, 0.5) is 5.82 Å². The Morgan fingerprint density at radius 1 is 1.27 bits per heavy atom. The fourth-order valence-electron chi connectivity index (χ4n) is 3.65. The van der Waals surface area contributed by atoms with E-state index in [0.29, 0.717) is 43.5 Å². The smallest absolute Gasteiger partial charge is 0.260 e. The van der Waals surface area contributed by atoms with Gasteiger partial charge in [0.25, 0.3) is 5.89 Å². The zero-order chi connectivity index (χ0) is 18.0. The van der Waals surface area contributed by atoms with Gasteiger partial charge in [-0.05, 0) is 25.7 Å². The Bertz CT molecular complexity index is 746. The van der Waals surface area contributed by atoms with Crippen LogP contribution in [-0.4, -0.2) is 44.4 Å². The molecule has 1 aliphatic carbocycles. The number of hydrogen-bond acceptors (Lipinski definition) is 8. The lowest BCUT2D eigenvalue weighted by Crippen LogP contribution is -2.31. The highest BCUT2D eigenvalue weighted by molar-refractivity contribution is 5.40. The summed E-state index contributed by atoms with van der Waals surface area (Å²) in [6.07, 6.45) is 10.6. The van der Waals surface area contributed by atoms with Crippen LogP contribution in [0, 0.1) is 0 Å². The summed E-state index contributed by atoms with van der Waals surface area (Å²) in [5.41, 5.74) is -1.15. The summed E-state index contributed by atoms with van der Waals surface area (Å²) in [7, 11) is 0. The normalized spacial score (nSPS) is 24.2. The highest BCUT2D eigenvalue weighted by Crippen LogP contribution is 2.33. The topological polar surface area (TPSA) is 97.4 Å². The first-order chi connectivity index (χ1) is 12.7. The third-order valence-electron chi connectivity index (χ3n) is 5.19. The van der Waals surface area contributed by atoms with E-state index in [9.17, 15) is 5.11 Å². The van der Waals surface area contributed by atoms with Crippen LogP contribution in [-0.2, 0) is 12.0 Å². The predicted molar refractivity (Wildman–Crippen MR) is 93.9 cm³/mol. The Kier molecular flexibility index (Phi) is 4.76. The van der Waals surface area contributed by atoms with Crippen LogP contribution in [0.15, 0.2) is 16.9 Å². The Hall–Kier alpha value is -2.22. The van der Waals surface area contributed by atoms with Gasteiger partial charge in [-0.1, -0.05) is 18.5 Å². The molecule has 2 aromatic rings. The number of β-amino-alcohol motifs (C(OH)–C–C–N with tert-alkyl or cyclic N) is 1. The van der Waals surface area contributed by atoms with E-state index in [1.54, 1.807) is 12.4 Å². The second kappa shape index (κ2) is 7.19. The quantitative estimate of drug-likeness (QED) is 0.868. The number of ether oxygens (including phenoxy) is 1. The summed E-state index contributed by atoms with van der Waals surface area (Å²) in [5.74, 6) is 2.13. The first-order valence-corrected chi connectivity index (χ1v) is 9.45. The van der Waals surface area contributed by atoms with Crippen molar-refractivity contribution in [1.29, 1.82) is 0 Å². The molecule has 1 saturated carbocycles. The van der Waals surface area contributed by atoms with Crippen LogP contribution in [0.3, 0.4) is 0 Å². The number of aromatic nitrogens is 4. The van der Waals surface area contributed by atoms with Crippen molar-refractivity contribution < 1.29 is 14.4 Å². The lowest BCUT2D eigenvalue weighted by atomic mass is 9.98. The van der Waals surface area contributed by atoms with E-state index < -0.39 is 5.60 Å². The van der Waals surface area contributed by atoms with Crippen molar-refractivity contribution in [3.05, 3.63) is 24.1 Å². The predicted octanol–water partition coefficient (Wildman–Crippen LogP) is 2.23. The summed E-state index contributed by atoms with van der Waals surface area (Å²) in [4.78, 5) is 15.1. The zero-order valence-electron chi connectivity index (χ0n) is 15.1. The zero-order valence-corrected chi connectivity index (χ0v) is 15.1. The Morgan fingerprint density at radius 2 is 2.12 bits per heavy atom. The molecule has 1 unspecified atom stereocenters. The van der Waals surface area contributed by atoms with Gasteiger partial charge < -0.3 is 19.3 Å². The lowest BCUT2D eigenvalue weighted by molar-refractivity contribution is 0.0259. The third-order valence-corrected chi connectivity index (χ3v) is 5.19. The van der Waals surface area contributed by atoms with Crippen molar-refractivity contribution >= 4 is 5.82 Å². The maximum atomic E-state index is 10.9. The number of aryl methyl sites for hydroxylation is 1. The molecule has 0 bridgehead atoms. The molecule has 0 aromatic carbocycles. The summed E-state index contributed by atoms with van der Waals surface area (Å²) in [5, 5.41) is 14.8. The number of anilines is 1. The van der Waals surface area contributed by atoms with Gasteiger partial charge in [0.1, 0.15) is 6.10 Å². The molecule has 2 aromatic heterocycles. The average Bonchev–Trinajstić information content (AvgIpc) is 3.31. The first-order valence-electron chi connectivity index (χ1n) is 9.45. The Labute approximate surface area is 152 Å². The second-order valence-corrected chi connectivity index (χ2v) is 7.17. The molecule has 4 rings (SSSR count). The van der Waals surface area contributed by atoms with E-state index >= 15 is 0 Å². The number of aliphatic hydroxyl groups is 1. The van der Waals surface area contributed by atoms with Gasteiger partial charge in [0.2, 0.25) is 5.88 Å². The van der Waals surface area contributed by atoms with Crippen molar-refractivity contribution in [1.82, 2.24) is 20.1 Å². The van der Waals surface area contributed by atoms with Gasteiger partial charge in [-0.2, -0.15) is 9.97 Å². The van der Waals surface area contributed by atoms with Crippen LogP contribution in [0.5, 0.6) is 5.88 Å². The minimum atomic E-state index is -1.15. The molecule has 2 fully saturated rings. The number of hydrogen-bond donors (Lipinski definition) is 1. The van der Waals surface area contributed by atoms with Crippen molar-refractivity contribution in [3.63, 3.8) is 0 Å². The molecule has 140 valence electrons. The summed E-state index contributed by atoms with van der Waals surface area (Å²) in [6, 6.07) is 0. The molecular weight excluding hydrogens is 334 g/mol. The summed E-state index contributed by atoms with van der Waals surface area (Å²) in [6.45, 7) is 2.94. The van der Waals surface area contributed by atoms with Crippen LogP contribution in [0.25, 0.3) is 0 Å². The molecule has 3 heterocycles. The van der Waals surface area contributed by atoms with Gasteiger partial charge in [0.05, 0.1) is 18.9 Å². The number of rotatable bonds is 5. The summed E-state index contributed by atoms with van der Waals surface area (Å²) < 4.78 is 11.3. The fourth-order valence-corrected chi connectivity index (χ4v) is 3.65. The van der Waals surface area contributed by atoms with E-state index in [1.807, 2.05) is 11.8 Å². The van der Waals surface area contributed by atoms with Gasteiger partial charge >= 0.3 is 0 Å². The molecule has 26 heavy (non-hydrogen) atoms. The summed E-state index contributed by atoms with van der Waals surface area (Å²) >= 11 is 0. The van der Waals surface area contributed by atoms with Gasteiger partial charge in [-0.3, -0.25) is 4.98 Å². The highest BCUT2D eigenvalue weighted by Gasteiger charge is 2.43. The maximum absolute atomic E-state index is 10.9. The van der Waals surface area contributed by atoms with Crippen molar-refractivity contribution in [2.45, 2.75) is 63.6 Å². The minimum Gasteiger partial charge on any atom is -0.473 e. The van der Waals surface area contributed by atoms with Gasteiger partial charge in [0.15, 0.2) is 17.2 Å². The molecule has 8 heteroatoms. The first kappa shape index (κ1) is 17.2. The van der Waals surface area contributed by atoms with Crippen LogP contribution in [0.1, 0.15) is 57.2 Å². The largest absolute Gasteiger partial charge is 0.473 e. The minimum absolute atomic E-state index is 0.231. The van der Waals surface area contributed by atoms with E-state index in [4.69, 9.17) is 9.26 Å². The molecule has 0 amide bonds. The Morgan fingerprint density at radius 3 is 2.88 bits per heavy atom.